The highest BCUT2D eigenvalue weighted by Crippen LogP contribution is 2.33. The Balaban J connectivity index is 2.00. The molecule has 5 heteroatoms. The van der Waals surface area contributed by atoms with Gasteiger partial charge in [-0.2, -0.15) is 0 Å². The minimum Gasteiger partial charge on any atom is -0.318 e. The van der Waals surface area contributed by atoms with Crippen molar-refractivity contribution in [3.63, 3.8) is 0 Å². The number of fused-ring (bicyclic) bond motifs is 1. The summed E-state index contributed by atoms with van der Waals surface area (Å²) in [7, 11) is 0. The minimum atomic E-state index is -0.474. The number of nitrogens with zero attached hydrogens (tertiary/aromatic N) is 3. The average Bonchev–Trinajstić information content (AvgIpc) is 3.09. The smallest absolute Gasteiger partial charge is 0.318 e. The Labute approximate surface area is 187 Å². The molecule has 0 saturated heterocycles. The van der Waals surface area contributed by atoms with E-state index in [2.05, 4.69) is 33.6 Å². The number of hydrogen-bond acceptors (Lipinski definition) is 3. The molecule has 0 amide bonds. The van der Waals surface area contributed by atoms with E-state index in [9.17, 15) is 4.79 Å². The Morgan fingerprint density at radius 2 is 1.75 bits per heavy atom. The van der Waals surface area contributed by atoms with E-state index in [1.807, 2.05) is 67.6 Å². The Kier molecular flexibility index (Phi) is 5.87. The van der Waals surface area contributed by atoms with Crippen LogP contribution in [0.3, 0.4) is 0 Å². The lowest BCUT2D eigenvalue weighted by molar-refractivity contribution is -0.140. The van der Waals surface area contributed by atoms with Gasteiger partial charge in [0.1, 0.15) is 0 Å². The van der Waals surface area contributed by atoms with E-state index in [0.717, 1.165) is 39.0 Å². The van der Waals surface area contributed by atoms with Crippen molar-refractivity contribution in [3.05, 3.63) is 107 Å². The zero-order valence-electron chi connectivity index (χ0n) is 18.3. The van der Waals surface area contributed by atoms with Crippen LogP contribution in [0.15, 0.2) is 78.0 Å². The molecule has 0 aliphatic rings. The van der Waals surface area contributed by atoms with Crippen LogP contribution in [0.5, 0.6) is 0 Å². The molecule has 3 aromatic carbocycles. The van der Waals surface area contributed by atoms with Gasteiger partial charge in [0.2, 0.25) is 0 Å². The van der Waals surface area contributed by atoms with Crippen LogP contribution in [-0.4, -0.2) is 16.2 Å². The second-order valence-corrected chi connectivity index (χ2v) is 7.67. The summed E-state index contributed by atoms with van der Waals surface area (Å²) < 4.78 is 2.15. The number of aromatic nitrogens is 1. The summed E-state index contributed by atoms with van der Waals surface area (Å²) >= 11 is 0. The molecule has 5 nitrogen and oxygen atoms in total. The van der Waals surface area contributed by atoms with Gasteiger partial charge in [-0.1, -0.05) is 53.7 Å². The molecule has 1 aromatic heterocycles. The number of benzene rings is 3. The molecular weight excluding hydrogens is 398 g/mol. The highest BCUT2D eigenvalue weighted by Gasteiger charge is 2.21. The summed E-state index contributed by atoms with van der Waals surface area (Å²) in [6.07, 6.45) is 0.497. The maximum Gasteiger partial charge on any atom is 0.331 e. The lowest BCUT2D eigenvalue weighted by Gasteiger charge is -2.11. The van der Waals surface area contributed by atoms with Gasteiger partial charge in [0.25, 0.3) is 0 Å². The molecule has 0 bridgehead atoms. The molecule has 0 fully saturated rings. The fourth-order valence-electron chi connectivity index (χ4n) is 4.02. The van der Waals surface area contributed by atoms with E-state index >= 15 is 0 Å². The Morgan fingerprint density at radius 1 is 1.03 bits per heavy atom. The van der Waals surface area contributed by atoms with Gasteiger partial charge in [-0.25, -0.2) is 9.64 Å². The van der Waals surface area contributed by atoms with E-state index in [4.69, 9.17) is 11.4 Å². The Morgan fingerprint density at radius 3 is 2.44 bits per heavy atom. The van der Waals surface area contributed by atoms with E-state index in [1.54, 1.807) is 0 Å². The number of oxime groups is 1. The van der Waals surface area contributed by atoms with Gasteiger partial charge in [-0.05, 0) is 54.6 Å². The fraction of sp³-hybridized carbons (Fsp3) is 0.148. The third kappa shape index (κ3) is 4.03. The molecule has 4 aromatic rings. The van der Waals surface area contributed by atoms with Gasteiger partial charge in [0.05, 0.1) is 17.8 Å². The summed E-state index contributed by atoms with van der Waals surface area (Å²) in [5, 5.41) is 5.18. The molecule has 0 radical (unpaired) electrons. The van der Waals surface area contributed by atoms with Crippen LogP contribution in [0.1, 0.15) is 29.3 Å². The van der Waals surface area contributed by atoms with Gasteiger partial charge in [-0.3, -0.25) is 0 Å². The SMILES string of the molecule is [C-]#[N+]c1ccc2c(c1)c(/C(Cc1ccccc1C)=N/OC(C)=O)c(C)n2-c1ccccc1. The van der Waals surface area contributed by atoms with Crippen molar-refractivity contribution in [2.75, 3.05) is 0 Å². The molecule has 0 spiro atoms. The number of para-hydroxylation sites is 1. The average molecular weight is 422 g/mol. The van der Waals surface area contributed by atoms with Crippen molar-refractivity contribution in [1.82, 2.24) is 4.57 Å². The van der Waals surface area contributed by atoms with Crippen molar-refractivity contribution < 1.29 is 9.63 Å². The maximum atomic E-state index is 11.6. The number of rotatable bonds is 5. The molecule has 4 rings (SSSR count). The lowest BCUT2D eigenvalue weighted by atomic mass is 9.97. The van der Waals surface area contributed by atoms with Crippen molar-refractivity contribution in [2.45, 2.75) is 27.2 Å². The van der Waals surface area contributed by atoms with Gasteiger partial charge < -0.3 is 9.40 Å². The van der Waals surface area contributed by atoms with Crippen LogP contribution in [0.2, 0.25) is 0 Å². The van der Waals surface area contributed by atoms with E-state index < -0.39 is 5.97 Å². The predicted molar refractivity (Wildman–Crippen MR) is 127 cm³/mol. The molecule has 0 atom stereocenters. The first-order valence-corrected chi connectivity index (χ1v) is 10.4. The minimum absolute atomic E-state index is 0.474. The monoisotopic (exact) mass is 421 g/mol. The van der Waals surface area contributed by atoms with Crippen molar-refractivity contribution in [2.24, 2.45) is 5.16 Å². The summed E-state index contributed by atoms with van der Waals surface area (Å²) in [6, 6.07) is 23.8. The summed E-state index contributed by atoms with van der Waals surface area (Å²) in [6.45, 7) is 12.9. The first-order valence-electron chi connectivity index (χ1n) is 10.4. The maximum absolute atomic E-state index is 11.6. The second kappa shape index (κ2) is 8.91. The number of aryl methyl sites for hydroxylation is 1. The van der Waals surface area contributed by atoms with Gasteiger partial charge >= 0.3 is 5.97 Å². The number of carbonyl (C=O) groups is 1. The number of hydrogen-bond donors (Lipinski definition) is 0. The van der Waals surface area contributed by atoms with Gasteiger partial charge in [0, 0.05) is 30.3 Å². The molecule has 0 unspecified atom stereocenters. The summed E-state index contributed by atoms with van der Waals surface area (Å²) in [5.74, 6) is -0.474. The third-order valence-corrected chi connectivity index (χ3v) is 5.52. The van der Waals surface area contributed by atoms with Crippen LogP contribution in [0.25, 0.3) is 21.4 Å². The van der Waals surface area contributed by atoms with Crippen molar-refractivity contribution in [3.8, 4) is 5.69 Å². The molecular formula is C27H23N3O2. The first kappa shape index (κ1) is 21.1. The zero-order chi connectivity index (χ0) is 22.7. The molecule has 0 saturated carbocycles. The third-order valence-electron chi connectivity index (χ3n) is 5.52. The summed E-state index contributed by atoms with van der Waals surface area (Å²) in [4.78, 5) is 20.3. The van der Waals surface area contributed by atoms with Crippen molar-refractivity contribution >= 4 is 28.3 Å². The predicted octanol–water partition coefficient (Wildman–Crippen LogP) is 6.31. The van der Waals surface area contributed by atoms with E-state index in [-0.39, 0.29) is 0 Å². The Bertz CT molecular complexity index is 1380. The van der Waals surface area contributed by atoms with Gasteiger partial charge in [-0.15, -0.1) is 0 Å². The fourth-order valence-corrected chi connectivity index (χ4v) is 4.02. The summed E-state index contributed by atoms with van der Waals surface area (Å²) in [5.41, 5.74) is 7.25. The second-order valence-electron chi connectivity index (χ2n) is 7.67. The van der Waals surface area contributed by atoms with Crippen LogP contribution in [0.4, 0.5) is 5.69 Å². The zero-order valence-corrected chi connectivity index (χ0v) is 18.3. The standard InChI is InChI=1S/C27H23N3O2/c1-18-10-8-9-11-21(18)16-25(29-32-20(3)31)27-19(2)30(23-12-6-5-7-13-23)26-15-14-22(28-4)17-24(26)27/h5-15,17H,16H2,1-3H3/b29-25+. The number of carbonyl (C=O) groups excluding carboxylic acids is 1. The van der Waals surface area contributed by atoms with Crippen LogP contribution in [-0.2, 0) is 16.1 Å². The van der Waals surface area contributed by atoms with Crippen molar-refractivity contribution in [1.29, 1.82) is 0 Å². The largest absolute Gasteiger partial charge is 0.331 e. The molecule has 0 aliphatic carbocycles. The molecule has 1 heterocycles. The van der Waals surface area contributed by atoms with E-state index in [1.165, 1.54) is 6.92 Å². The Hall–Kier alpha value is -4.17. The lowest BCUT2D eigenvalue weighted by Crippen LogP contribution is -2.10. The molecule has 0 aliphatic heterocycles. The first-order chi connectivity index (χ1) is 15.5. The van der Waals surface area contributed by atoms with Crippen LogP contribution in [0, 0.1) is 20.4 Å². The molecule has 0 N–H and O–H groups in total. The van der Waals surface area contributed by atoms with E-state index in [0.29, 0.717) is 17.8 Å². The normalized spacial score (nSPS) is 11.4. The topological polar surface area (TPSA) is 47.9 Å². The van der Waals surface area contributed by atoms with Crippen LogP contribution < -0.4 is 0 Å². The van der Waals surface area contributed by atoms with Crippen LogP contribution >= 0.6 is 0 Å². The quantitative estimate of drug-likeness (QED) is 0.164. The highest BCUT2D eigenvalue weighted by atomic mass is 16.7. The highest BCUT2D eigenvalue weighted by molar-refractivity contribution is 6.14. The van der Waals surface area contributed by atoms with Gasteiger partial charge in [0.15, 0.2) is 5.69 Å². The molecule has 32 heavy (non-hydrogen) atoms. The molecule has 158 valence electrons.